The van der Waals surface area contributed by atoms with Gasteiger partial charge in [-0.2, -0.15) is 0 Å². The van der Waals surface area contributed by atoms with Crippen molar-refractivity contribution in [2.75, 3.05) is 52.7 Å². The molecule has 0 fully saturated rings. The number of carbonyl (C=O) groups excluding carboxylic acids is 10. The van der Waals surface area contributed by atoms with E-state index in [4.69, 9.17) is 9.47 Å². The van der Waals surface area contributed by atoms with Crippen molar-refractivity contribution in [2.45, 2.75) is 115 Å². The Bertz CT molecular complexity index is 2270. The number of halogens is 2. The first-order chi connectivity index (χ1) is 36.6. The fourth-order valence-corrected chi connectivity index (χ4v) is 14.7. The number of carbonyl (C=O) groups is 10. The molecule has 0 unspecified atom stereocenters. The molecule has 78 heavy (non-hydrogen) atoms. The van der Waals surface area contributed by atoms with Crippen molar-refractivity contribution < 1.29 is 101 Å². The minimum Gasteiger partial charge on any atom is -1.00 e. The molecule has 0 spiro atoms. The second kappa shape index (κ2) is 39.9. The summed E-state index contributed by atoms with van der Waals surface area (Å²) in [5, 5.41) is 16.6. The second-order valence-corrected chi connectivity index (χ2v) is 23.6. The molecule has 0 aromatic heterocycles. The predicted molar refractivity (Wildman–Crippen MR) is 294 cm³/mol. The number of methoxy groups -OCH3 is 4. The quantitative estimate of drug-likeness (QED) is 0.0136. The van der Waals surface area contributed by atoms with Crippen LogP contribution in [0.15, 0.2) is 91.0 Å². The molecule has 430 valence electrons. The van der Waals surface area contributed by atoms with Gasteiger partial charge in [-0.05, 0) is 68.5 Å². The Hall–Kier alpha value is -5.35. The van der Waals surface area contributed by atoms with Crippen LogP contribution in [0.25, 0.3) is 0 Å². The normalized spacial score (nSPS) is 12.2. The van der Waals surface area contributed by atoms with E-state index in [0.717, 1.165) is 54.8 Å². The molecule has 0 bridgehead atoms. The van der Waals surface area contributed by atoms with Gasteiger partial charge in [-0.3, -0.25) is 38.4 Å². The van der Waals surface area contributed by atoms with Crippen LogP contribution in [-0.4, -0.2) is 136 Å². The van der Waals surface area contributed by atoms with E-state index in [1.807, 2.05) is 61.5 Å². The monoisotopic (exact) mass is 1270 g/mol. The number of benzene rings is 3. The summed E-state index contributed by atoms with van der Waals surface area (Å²) in [7, 11) is 4.62. The van der Waals surface area contributed by atoms with Crippen LogP contribution in [0.3, 0.4) is 0 Å². The first-order valence-corrected chi connectivity index (χ1v) is 29.6. The topological polar surface area (TPSA) is 268 Å². The van der Waals surface area contributed by atoms with Crippen molar-refractivity contribution >= 4 is 104 Å². The third kappa shape index (κ3) is 25.2. The number of hydrogen-bond acceptors (Lipinski definition) is 16. The van der Waals surface area contributed by atoms with Crippen LogP contribution in [0.5, 0.6) is 0 Å². The smallest absolute Gasteiger partial charge is 0.328 e. The molecule has 0 heterocycles. The van der Waals surface area contributed by atoms with Gasteiger partial charge in [0.2, 0.25) is 29.5 Å². The lowest BCUT2D eigenvalue weighted by atomic mass is 10.1. The van der Waals surface area contributed by atoms with Crippen molar-refractivity contribution in [1.29, 1.82) is 0 Å². The number of esters is 4. The maximum atomic E-state index is 13.5. The molecule has 0 radical (unpaired) electrons. The number of ether oxygens (including phenoxy) is 4. The zero-order chi connectivity index (χ0) is 55.7. The summed E-state index contributed by atoms with van der Waals surface area (Å²) in [6.07, 6.45) is 3.19. The molecule has 0 saturated heterocycles. The van der Waals surface area contributed by atoms with Gasteiger partial charge in [0.1, 0.15) is 47.8 Å². The minimum absolute atomic E-state index is 0. The van der Waals surface area contributed by atoms with Gasteiger partial charge in [0.05, 0.1) is 47.1 Å². The molecule has 5 amide bonds. The van der Waals surface area contributed by atoms with Gasteiger partial charge in [-0.1, -0.05) is 96.0 Å². The number of amides is 5. The van der Waals surface area contributed by atoms with Gasteiger partial charge in [0, 0.05) is 43.6 Å². The lowest BCUT2D eigenvalue weighted by Crippen LogP contribution is -3.00. The van der Waals surface area contributed by atoms with Crippen molar-refractivity contribution in [3.63, 3.8) is 0 Å². The highest BCUT2D eigenvalue weighted by Gasteiger charge is 2.44. The Labute approximate surface area is 486 Å². The first-order valence-electron chi connectivity index (χ1n) is 25.2. The van der Waals surface area contributed by atoms with E-state index in [-0.39, 0.29) is 103 Å². The molecule has 0 aliphatic rings. The molecule has 3 aromatic rings. The maximum Gasteiger partial charge on any atom is 0.328 e. The Kier molecular flexibility index (Phi) is 36.2. The third-order valence-electron chi connectivity index (χ3n) is 12.1. The van der Waals surface area contributed by atoms with Crippen molar-refractivity contribution in [3.05, 3.63) is 91.0 Å². The summed E-state index contributed by atoms with van der Waals surface area (Å²) in [5.41, 5.74) is 0. The molecule has 3 aromatic carbocycles. The van der Waals surface area contributed by atoms with E-state index in [0.29, 0.717) is 19.3 Å². The van der Waals surface area contributed by atoms with Crippen molar-refractivity contribution in [1.82, 2.24) is 26.6 Å². The van der Waals surface area contributed by atoms with Crippen LogP contribution in [0, 0.1) is 0 Å². The molecule has 19 nitrogen and oxygen atoms in total. The van der Waals surface area contributed by atoms with Gasteiger partial charge < -0.3 is 79.5 Å². The van der Waals surface area contributed by atoms with E-state index in [1.165, 1.54) is 30.1 Å². The standard InChI is InChI=1S/C54H72N5O14PS2.2BrH/c1-6-7-11-26-46(61)56-42(54(69)73-5)29-32-49(64)59-44(52(67)55-35-51(66)71-3)37-76-75-36-43(45(60)30-33-50(65)70-2)58-48(63)31-28-41(53(68)72-4)57-47(62)27-18-19-34-74(38-20-12-8-13-21-38,39-22-14-9-15-23-39)40-24-16-10-17-25-40;;/h8-10,12-17,20-25,41-44H,6-7,11,18-19,26-37H2,1-5H3,(H4-,55,56,57,58,59,61,62,63,64,67);2*1H/p-1/t41-,42-,43-,44-;;/m0../s1. The Morgan fingerprint density at radius 2 is 0.859 bits per heavy atom. The van der Waals surface area contributed by atoms with Crippen LogP contribution in [0.4, 0.5) is 0 Å². The summed E-state index contributed by atoms with van der Waals surface area (Å²) < 4.78 is 19.1. The lowest BCUT2D eigenvalue weighted by Gasteiger charge is -2.27. The van der Waals surface area contributed by atoms with E-state index in [2.05, 4.69) is 72.5 Å². The average molecular weight is 1270 g/mol. The molecule has 3 rings (SSSR count). The van der Waals surface area contributed by atoms with Crippen LogP contribution < -0.4 is 76.5 Å². The SMILES string of the molecule is CCCCCC(=O)N[C@@H](CCC(=O)N[C@@H](CSSC[C@H](NC(=O)CC[C@H](NC(=O)CCCC[P+](c1ccccc1)(c1ccccc1)c1ccccc1)C(=O)OC)C(=O)CCC(=O)OC)C(=O)NCC(=O)OC)C(=O)OC.[Br-].[Br-]. The van der Waals surface area contributed by atoms with Gasteiger partial charge >= 0.3 is 23.9 Å². The van der Waals surface area contributed by atoms with Crippen LogP contribution in [0.1, 0.15) is 90.4 Å². The molecule has 4 atom stereocenters. The van der Waals surface area contributed by atoms with Gasteiger partial charge in [0.15, 0.2) is 5.78 Å². The Balaban J connectivity index is 0.0000152. The van der Waals surface area contributed by atoms with Crippen LogP contribution >= 0.6 is 28.9 Å². The van der Waals surface area contributed by atoms with Crippen molar-refractivity contribution in [3.8, 4) is 0 Å². The summed E-state index contributed by atoms with van der Waals surface area (Å²) in [6, 6.07) is 26.5. The highest BCUT2D eigenvalue weighted by atomic mass is 79.9. The molecular weight excluding hydrogens is 1200 g/mol. The number of rotatable bonds is 36. The highest BCUT2D eigenvalue weighted by Crippen LogP contribution is 2.56. The van der Waals surface area contributed by atoms with Gasteiger partial charge in [-0.15, -0.1) is 0 Å². The molecule has 0 aliphatic heterocycles. The fraction of sp³-hybridized carbons (Fsp3) is 0.481. The zero-order valence-electron chi connectivity index (χ0n) is 44.7. The molecular formula is C54H73Br2N5O14PS2-. The summed E-state index contributed by atoms with van der Waals surface area (Å²) in [4.78, 5) is 128. The van der Waals surface area contributed by atoms with Crippen LogP contribution in [0.2, 0.25) is 0 Å². The second-order valence-electron chi connectivity index (χ2n) is 17.5. The van der Waals surface area contributed by atoms with E-state index >= 15 is 0 Å². The van der Waals surface area contributed by atoms with E-state index in [1.54, 1.807) is 0 Å². The van der Waals surface area contributed by atoms with Crippen LogP contribution in [-0.2, 0) is 66.9 Å². The molecule has 0 saturated carbocycles. The third-order valence-corrected chi connectivity index (χ3v) is 19.0. The van der Waals surface area contributed by atoms with Crippen molar-refractivity contribution in [2.24, 2.45) is 0 Å². The van der Waals surface area contributed by atoms with E-state index < -0.39 is 91.3 Å². The molecule has 5 N–H and O–H groups in total. The van der Waals surface area contributed by atoms with Gasteiger partial charge in [-0.25, -0.2) is 9.59 Å². The summed E-state index contributed by atoms with van der Waals surface area (Å²) in [6.45, 7) is 1.48. The maximum absolute atomic E-state index is 13.5. The number of hydrogen-bond donors (Lipinski definition) is 5. The Morgan fingerprint density at radius 1 is 0.462 bits per heavy atom. The summed E-state index contributed by atoms with van der Waals surface area (Å²) in [5.74, 6) is -6.41. The first kappa shape index (κ1) is 70.7. The number of ketones is 1. The minimum atomic E-state index is -2.13. The Morgan fingerprint density at radius 3 is 1.28 bits per heavy atom. The number of Topliss-reactive ketones (excluding diaryl/α,β-unsaturated/α-hetero) is 1. The van der Waals surface area contributed by atoms with Gasteiger partial charge in [0.25, 0.3) is 0 Å². The average Bonchev–Trinajstić information content (AvgIpc) is 3.44. The number of nitrogens with one attached hydrogen (secondary N) is 5. The molecule has 0 aliphatic carbocycles. The molecule has 24 heteroatoms. The summed E-state index contributed by atoms with van der Waals surface area (Å²) >= 11 is 0. The lowest BCUT2D eigenvalue weighted by molar-refractivity contribution is -0.146. The largest absolute Gasteiger partial charge is 1.00 e. The zero-order valence-corrected chi connectivity index (χ0v) is 50.4. The fourth-order valence-electron chi connectivity index (χ4n) is 7.94. The van der Waals surface area contributed by atoms with E-state index in [9.17, 15) is 47.9 Å². The number of unbranched alkanes of at least 4 members (excludes halogenated alkanes) is 3. The predicted octanol–water partition coefficient (Wildman–Crippen LogP) is -2.22. The highest BCUT2D eigenvalue weighted by molar-refractivity contribution is 8.76.